The van der Waals surface area contributed by atoms with Crippen molar-refractivity contribution in [2.45, 2.75) is 13.1 Å². The first-order chi connectivity index (χ1) is 9.33. The van der Waals surface area contributed by atoms with Gasteiger partial charge in [-0.1, -0.05) is 42.5 Å². The van der Waals surface area contributed by atoms with E-state index in [1.807, 2.05) is 6.07 Å². The molecule has 0 atom stereocenters. The van der Waals surface area contributed by atoms with E-state index < -0.39 is 0 Å². The van der Waals surface area contributed by atoms with E-state index in [-0.39, 0.29) is 0 Å². The molecule has 1 heterocycles. The van der Waals surface area contributed by atoms with Crippen LogP contribution in [0.15, 0.2) is 59.0 Å². The Morgan fingerprint density at radius 1 is 0.895 bits per heavy atom. The zero-order valence-corrected chi connectivity index (χ0v) is 11.2. The van der Waals surface area contributed by atoms with Crippen LogP contribution in [0, 0.1) is 0 Å². The Morgan fingerprint density at radius 2 is 1.74 bits per heavy atom. The summed E-state index contributed by atoms with van der Waals surface area (Å²) in [5, 5.41) is 6.36. The van der Waals surface area contributed by atoms with Crippen LogP contribution in [0.5, 0.6) is 0 Å². The van der Waals surface area contributed by atoms with Gasteiger partial charge in [-0.15, -0.1) is 0 Å². The molecule has 2 nitrogen and oxygen atoms in total. The van der Waals surface area contributed by atoms with Gasteiger partial charge in [0, 0.05) is 6.54 Å². The van der Waals surface area contributed by atoms with Crippen LogP contribution in [0.25, 0.3) is 10.8 Å². The van der Waals surface area contributed by atoms with Crippen LogP contribution in [-0.4, -0.2) is 0 Å². The van der Waals surface area contributed by atoms with Gasteiger partial charge < -0.3 is 9.73 Å². The smallest absolute Gasteiger partial charge is 0.193 e. The van der Waals surface area contributed by atoms with Gasteiger partial charge in [-0.3, -0.25) is 0 Å². The molecular formula is C16H14ClNO. The van der Waals surface area contributed by atoms with E-state index in [9.17, 15) is 0 Å². The number of benzene rings is 2. The summed E-state index contributed by atoms with van der Waals surface area (Å²) in [7, 11) is 0. The molecule has 0 radical (unpaired) electrons. The molecule has 3 heteroatoms. The van der Waals surface area contributed by atoms with Crippen LogP contribution < -0.4 is 5.32 Å². The second-order valence-corrected chi connectivity index (χ2v) is 4.82. The highest BCUT2D eigenvalue weighted by Crippen LogP contribution is 2.18. The van der Waals surface area contributed by atoms with Crippen LogP contribution in [0.2, 0.25) is 5.22 Å². The summed E-state index contributed by atoms with van der Waals surface area (Å²) in [6.45, 7) is 1.48. The lowest BCUT2D eigenvalue weighted by atomic mass is 10.0. The van der Waals surface area contributed by atoms with Crippen molar-refractivity contribution in [3.05, 3.63) is 71.1 Å². The minimum Gasteiger partial charge on any atom is -0.448 e. The first-order valence-corrected chi connectivity index (χ1v) is 6.62. The van der Waals surface area contributed by atoms with Crippen LogP contribution in [0.4, 0.5) is 0 Å². The molecule has 3 rings (SSSR count). The SMILES string of the molecule is Clc1ccc(CNCc2cccc3ccccc23)o1. The molecule has 0 aliphatic carbocycles. The summed E-state index contributed by atoms with van der Waals surface area (Å²) in [6, 6.07) is 18.4. The fourth-order valence-corrected chi connectivity index (χ4v) is 2.38. The van der Waals surface area contributed by atoms with Crippen molar-refractivity contribution in [2.24, 2.45) is 0 Å². The maximum atomic E-state index is 5.74. The van der Waals surface area contributed by atoms with Crippen molar-refractivity contribution in [3.63, 3.8) is 0 Å². The molecule has 0 unspecified atom stereocenters. The first-order valence-electron chi connectivity index (χ1n) is 6.24. The summed E-state index contributed by atoms with van der Waals surface area (Å²) in [5.41, 5.74) is 1.29. The Labute approximate surface area is 117 Å². The van der Waals surface area contributed by atoms with Crippen LogP contribution >= 0.6 is 11.6 Å². The van der Waals surface area contributed by atoms with Crippen LogP contribution in [-0.2, 0) is 13.1 Å². The predicted octanol–water partition coefficient (Wildman–Crippen LogP) is 4.38. The molecule has 19 heavy (non-hydrogen) atoms. The molecule has 0 amide bonds. The lowest BCUT2D eigenvalue weighted by Crippen LogP contribution is -2.12. The van der Waals surface area contributed by atoms with Gasteiger partial charge in [0.2, 0.25) is 0 Å². The van der Waals surface area contributed by atoms with Gasteiger partial charge in [0.05, 0.1) is 6.54 Å². The fourth-order valence-electron chi connectivity index (χ4n) is 2.21. The fraction of sp³-hybridized carbons (Fsp3) is 0.125. The lowest BCUT2D eigenvalue weighted by molar-refractivity contribution is 0.485. The molecule has 3 aromatic rings. The van der Waals surface area contributed by atoms with Crippen LogP contribution in [0.3, 0.4) is 0 Å². The molecule has 0 saturated heterocycles. The maximum absolute atomic E-state index is 5.74. The van der Waals surface area contributed by atoms with Crippen molar-refractivity contribution in [1.29, 1.82) is 0 Å². The number of nitrogens with one attached hydrogen (secondary N) is 1. The number of furan rings is 1. The highest BCUT2D eigenvalue weighted by atomic mass is 35.5. The average molecular weight is 272 g/mol. The van der Waals surface area contributed by atoms with E-state index in [1.54, 1.807) is 6.07 Å². The summed E-state index contributed by atoms with van der Waals surface area (Å²) in [6.07, 6.45) is 0. The predicted molar refractivity (Wildman–Crippen MR) is 78.2 cm³/mol. The molecule has 0 spiro atoms. The standard InChI is InChI=1S/C16H14ClNO/c17-16-9-8-14(19-16)11-18-10-13-6-3-5-12-4-1-2-7-15(12)13/h1-9,18H,10-11H2. The Hall–Kier alpha value is -1.77. The van der Waals surface area contributed by atoms with E-state index in [4.69, 9.17) is 16.0 Å². The van der Waals surface area contributed by atoms with E-state index in [2.05, 4.69) is 47.8 Å². The Kier molecular flexibility index (Phi) is 3.53. The zero-order valence-electron chi connectivity index (χ0n) is 10.4. The van der Waals surface area contributed by atoms with Gasteiger partial charge in [-0.25, -0.2) is 0 Å². The molecule has 96 valence electrons. The highest BCUT2D eigenvalue weighted by Gasteiger charge is 2.02. The largest absolute Gasteiger partial charge is 0.448 e. The molecule has 2 aromatic carbocycles. The van der Waals surface area contributed by atoms with E-state index >= 15 is 0 Å². The second kappa shape index (κ2) is 5.47. The first kappa shape index (κ1) is 12.3. The molecular weight excluding hydrogens is 258 g/mol. The quantitative estimate of drug-likeness (QED) is 0.762. The van der Waals surface area contributed by atoms with Gasteiger partial charge in [-0.2, -0.15) is 0 Å². The molecule has 0 fully saturated rings. The van der Waals surface area contributed by atoms with E-state index in [0.717, 1.165) is 12.3 Å². The van der Waals surface area contributed by atoms with E-state index in [1.165, 1.54) is 16.3 Å². The average Bonchev–Trinajstić information content (AvgIpc) is 2.85. The number of halogens is 1. The number of fused-ring (bicyclic) bond motifs is 1. The minimum atomic E-state index is 0.432. The molecule has 0 aliphatic heterocycles. The third-order valence-electron chi connectivity index (χ3n) is 3.12. The summed E-state index contributed by atoms with van der Waals surface area (Å²) >= 11 is 5.74. The van der Waals surface area contributed by atoms with Gasteiger partial charge in [0.1, 0.15) is 5.76 Å². The molecule has 0 aliphatic rings. The number of rotatable bonds is 4. The topological polar surface area (TPSA) is 25.2 Å². The van der Waals surface area contributed by atoms with Gasteiger partial charge >= 0.3 is 0 Å². The monoisotopic (exact) mass is 271 g/mol. The van der Waals surface area contributed by atoms with Crippen molar-refractivity contribution in [2.75, 3.05) is 0 Å². The van der Waals surface area contributed by atoms with Gasteiger partial charge in [-0.05, 0) is 40.1 Å². The maximum Gasteiger partial charge on any atom is 0.193 e. The third-order valence-corrected chi connectivity index (χ3v) is 3.33. The highest BCUT2D eigenvalue weighted by molar-refractivity contribution is 6.28. The summed E-state index contributed by atoms with van der Waals surface area (Å²) < 4.78 is 5.31. The van der Waals surface area contributed by atoms with Crippen molar-refractivity contribution in [3.8, 4) is 0 Å². The molecule has 0 bridgehead atoms. The van der Waals surface area contributed by atoms with Gasteiger partial charge in [0.15, 0.2) is 5.22 Å². The Morgan fingerprint density at radius 3 is 2.58 bits per heavy atom. The summed E-state index contributed by atoms with van der Waals surface area (Å²) in [4.78, 5) is 0. The van der Waals surface area contributed by atoms with Crippen molar-refractivity contribution in [1.82, 2.24) is 5.32 Å². The Balaban J connectivity index is 1.71. The zero-order chi connectivity index (χ0) is 13.1. The third kappa shape index (κ3) is 2.80. The number of hydrogen-bond acceptors (Lipinski definition) is 2. The van der Waals surface area contributed by atoms with Crippen molar-refractivity contribution < 1.29 is 4.42 Å². The number of hydrogen-bond donors (Lipinski definition) is 1. The molecule has 0 saturated carbocycles. The minimum absolute atomic E-state index is 0.432. The van der Waals surface area contributed by atoms with Crippen molar-refractivity contribution >= 4 is 22.4 Å². The lowest BCUT2D eigenvalue weighted by Gasteiger charge is -2.07. The van der Waals surface area contributed by atoms with E-state index in [0.29, 0.717) is 11.8 Å². The Bertz CT molecular complexity index is 685. The second-order valence-electron chi connectivity index (χ2n) is 4.45. The van der Waals surface area contributed by atoms with Gasteiger partial charge in [0.25, 0.3) is 0 Å². The molecule has 1 N–H and O–H groups in total. The van der Waals surface area contributed by atoms with Crippen LogP contribution in [0.1, 0.15) is 11.3 Å². The normalized spacial score (nSPS) is 11.0. The molecule has 1 aromatic heterocycles. The summed E-state index contributed by atoms with van der Waals surface area (Å²) in [5.74, 6) is 0.852.